The minimum absolute atomic E-state index is 0.0747. The molecule has 0 bridgehead atoms. The topological polar surface area (TPSA) is 46.5 Å². The van der Waals surface area contributed by atoms with Crippen molar-refractivity contribution in [3.05, 3.63) is 23.8 Å². The molecule has 18 heavy (non-hydrogen) atoms. The Morgan fingerprint density at radius 3 is 2.22 bits per heavy atom. The average molecular weight is 264 g/mol. The predicted molar refractivity (Wildman–Crippen MR) is 59.7 cm³/mol. The van der Waals surface area contributed by atoms with E-state index in [1.54, 1.807) is 21.1 Å². The molecule has 0 fully saturated rings. The Balaban J connectivity index is 3.32. The number of carboxylic acids is 1. The molecule has 0 heterocycles. The van der Waals surface area contributed by atoms with E-state index in [1.165, 1.54) is 12.1 Å². The first kappa shape index (κ1) is 14.3. The van der Waals surface area contributed by atoms with Crippen molar-refractivity contribution < 1.29 is 27.8 Å². The molecule has 0 saturated heterocycles. The van der Waals surface area contributed by atoms with Gasteiger partial charge in [-0.05, 0) is 6.07 Å². The summed E-state index contributed by atoms with van der Waals surface area (Å²) in [6, 6.07) is 3.42. The lowest BCUT2D eigenvalue weighted by molar-refractivity contribution is -0.274. The van der Waals surface area contributed by atoms with Crippen molar-refractivity contribution in [3.63, 3.8) is 0 Å². The number of aromatic carboxylic acids is 1. The van der Waals surface area contributed by atoms with E-state index in [0.717, 1.165) is 6.07 Å². The number of halogens is 3. The second-order valence-corrected chi connectivity index (χ2v) is 4.55. The highest BCUT2D eigenvalue weighted by Gasteiger charge is 2.34. The number of quaternary nitrogens is 1. The van der Waals surface area contributed by atoms with Gasteiger partial charge in [-0.3, -0.25) is 4.48 Å². The van der Waals surface area contributed by atoms with Crippen molar-refractivity contribution in [1.82, 2.24) is 4.48 Å². The third-order valence-corrected chi connectivity index (χ3v) is 2.16. The molecule has 0 spiro atoms. The fraction of sp³-hybridized carbons (Fsp3) is 0.364. The molecule has 0 atom stereocenters. The third-order valence-electron chi connectivity index (χ3n) is 2.16. The van der Waals surface area contributed by atoms with Gasteiger partial charge in [0.2, 0.25) is 0 Å². The van der Waals surface area contributed by atoms with Gasteiger partial charge in [0, 0.05) is 12.1 Å². The van der Waals surface area contributed by atoms with E-state index < -0.39 is 18.1 Å². The van der Waals surface area contributed by atoms with Crippen molar-refractivity contribution in [1.29, 1.82) is 0 Å². The Kier molecular flexibility index (Phi) is 3.57. The van der Waals surface area contributed by atoms with Crippen LogP contribution in [0, 0.1) is 0 Å². The molecule has 0 aromatic heterocycles. The summed E-state index contributed by atoms with van der Waals surface area (Å²) < 4.78 is 40.7. The van der Waals surface area contributed by atoms with E-state index >= 15 is 0 Å². The number of carbonyl (C=O) groups is 1. The summed E-state index contributed by atoms with van der Waals surface area (Å²) in [7, 11) is 4.96. The summed E-state index contributed by atoms with van der Waals surface area (Å²) in [4.78, 5) is 10.7. The van der Waals surface area contributed by atoms with Crippen molar-refractivity contribution in [2.45, 2.75) is 6.36 Å². The summed E-state index contributed by atoms with van der Waals surface area (Å²) in [5, 5.41) is 8.76. The van der Waals surface area contributed by atoms with Gasteiger partial charge in [-0.1, -0.05) is 0 Å². The predicted octanol–water partition coefficient (Wildman–Crippen LogP) is 2.48. The fourth-order valence-electron chi connectivity index (χ4n) is 1.41. The lowest BCUT2D eigenvalue weighted by atomic mass is 10.1. The number of carboxylic acid groups (broad SMARTS) is 1. The van der Waals surface area contributed by atoms with Crippen LogP contribution in [0.4, 0.5) is 18.9 Å². The van der Waals surface area contributed by atoms with Crippen LogP contribution in [-0.2, 0) is 0 Å². The maximum atomic E-state index is 12.3. The number of ether oxygens (including phenoxy) is 1. The Bertz CT molecular complexity index is 464. The van der Waals surface area contributed by atoms with Gasteiger partial charge in [-0.25, -0.2) is 4.79 Å². The molecule has 1 N–H and O–H groups in total. The maximum Gasteiger partial charge on any atom is 0.573 e. The molecule has 0 aliphatic carbocycles. The molecule has 100 valence electrons. The zero-order valence-corrected chi connectivity index (χ0v) is 10.1. The average Bonchev–Trinajstić information content (AvgIpc) is 2.12. The van der Waals surface area contributed by atoms with Crippen LogP contribution in [0.25, 0.3) is 0 Å². The molecule has 7 heteroatoms. The summed E-state index contributed by atoms with van der Waals surface area (Å²) in [5.74, 6) is -1.81. The lowest BCUT2D eigenvalue weighted by Gasteiger charge is -2.26. The molecule has 1 aromatic carbocycles. The van der Waals surface area contributed by atoms with E-state index in [0.29, 0.717) is 0 Å². The second kappa shape index (κ2) is 4.49. The number of hydrogen-bond acceptors (Lipinski definition) is 2. The van der Waals surface area contributed by atoms with Gasteiger partial charge in [0.15, 0.2) is 11.4 Å². The van der Waals surface area contributed by atoms with Crippen molar-refractivity contribution in [3.8, 4) is 5.75 Å². The molecule has 0 aliphatic heterocycles. The molecule has 0 radical (unpaired) electrons. The zero-order chi connectivity index (χ0) is 14.1. The first-order valence-corrected chi connectivity index (χ1v) is 4.96. The second-order valence-electron chi connectivity index (χ2n) is 4.55. The normalized spacial score (nSPS) is 12.3. The van der Waals surface area contributed by atoms with Gasteiger partial charge < -0.3 is 9.84 Å². The van der Waals surface area contributed by atoms with Gasteiger partial charge in [0.25, 0.3) is 0 Å². The van der Waals surface area contributed by atoms with E-state index in [2.05, 4.69) is 4.74 Å². The summed E-state index contributed by atoms with van der Waals surface area (Å²) in [6.07, 6.45) is -4.86. The Labute approximate surface area is 102 Å². The standard InChI is InChI=1S/C11H12F3NO3/c1-15(2,3)8-5-4-7(10(16)17)6-9(8)18-11(12,13)14/h4-6H,1-3H3/p+1. The van der Waals surface area contributed by atoms with Crippen LogP contribution in [0.1, 0.15) is 10.4 Å². The largest absolute Gasteiger partial charge is 0.573 e. The van der Waals surface area contributed by atoms with Gasteiger partial charge in [0.1, 0.15) is 0 Å². The van der Waals surface area contributed by atoms with E-state index in [9.17, 15) is 18.0 Å². The molecular weight excluding hydrogens is 251 g/mol. The molecule has 0 unspecified atom stereocenters. The van der Waals surface area contributed by atoms with Gasteiger partial charge in [-0.2, -0.15) is 0 Å². The Morgan fingerprint density at radius 1 is 1.28 bits per heavy atom. The molecule has 0 saturated carbocycles. The molecule has 1 aromatic rings. The summed E-state index contributed by atoms with van der Waals surface area (Å²) in [5.41, 5.74) is -0.0243. The van der Waals surface area contributed by atoms with Crippen LogP contribution in [-0.4, -0.2) is 38.6 Å². The zero-order valence-electron chi connectivity index (χ0n) is 10.1. The smallest absolute Gasteiger partial charge is 0.478 e. The number of alkyl halides is 3. The van der Waals surface area contributed by atoms with Crippen LogP contribution < -0.4 is 9.22 Å². The Morgan fingerprint density at radius 2 is 1.83 bits per heavy atom. The highest BCUT2D eigenvalue weighted by molar-refractivity contribution is 5.89. The SMILES string of the molecule is C[N+](C)(C)c1ccc(C(=O)O)cc1OC(F)(F)F. The van der Waals surface area contributed by atoms with E-state index in [-0.39, 0.29) is 15.7 Å². The van der Waals surface area contributed by atoms with Crippen molar-refractivity contribution in [2.75, 3.05) is 21.1 Å². The summed E-state index contributed by atoms with van der Waals surface area (Å²) >= 11 is 0. The van der Waals surface area contributed by atoms with Gasteiger partial charge in [0.05, 0.1) is 26.7 Å². The van der Waals surface area contributed by atoms with Crippen molar-refractivity contribution in [2.24, 2.45) is 0 Å². The minimum atomic E-state index is -4.86. The number of hydrogen-bond donors (Lipinski definition) is 1. The highest BCUT2D eigenvalue weighted by Crippen LogP contribution is 2.35. The molecule has 0 amide bonds. The highest BCUT2D eigenvalue weighted by atomic mass is 19.4. The fourth-order valence-corrected chi connectivity index (χ4v) is 1.41. The number of rotatable bonds is 3. The first-order chi connectivity index (χ1) is 8.00. The maximum absolute atomic E-state index is 12.3. The Hall–Kier alpha value is -1.76. The van der Waals surface area contributed by atoms with Crippen LogP contribution in [0.2, 0.25) is 0 Å². The molecular formula is C11H13F3NO3+. The van der Waals surface area contributed by atoms with Crippen LogP contribution in [0.3, 0.4) is 0 Å². The van der Waals surface area contributed by atoms with Crippen LogP contribution in [0.5, 0.6) is 5.75 Å². The monoisotopic (exact) mass is 264 g/mol. The van der Waals surface area contributed by atoms with Crippen LogP contribution in [0.15, 0.2) is 18.2 Å². The van der Waals surface area contributed by atoms with Gasteiger partial charge >= 0.3 is 12.3 Å². The third kappa shape index (κ3) is 3.63. The van der Waals surface area contributed by atoms with Crippen LogP contribution >= 0.6 is 0 Å². The summed E-state index contributed by atoms with van der Waals surface area (Å²) in [6.45, 7) is 0. The number of benzene rings is 1. The van der Waals surface area contributed by atoms with Gasteiger partial charge in [-0.15, -0.1) is 13.2 Å². The molecule has 0 aliphatic rings. The quantitative estimate of drug-likeness (QED) is 0.853. The lowest BCUT2D eigenvalue weighted by Crippen LogP contribution is -2.36. The minimum Gasteiger partial charge on any atom is -0.478 e. The van der Waals surface area contributed by atoms with Crippen molar-refractivity contribution >= 4 is 11.7 Å². The first-order valence-electron chi connectivity index (χ1n) is 4.96. The van der Waals surface area contributed by atoms with E-state index in [1.807, 2.05) is 0 Å². The number of nitrogens with zero attached hydrogens (tertiary/aromatic N) is 1. The molecule has 4 nitrogen and oxygen atoms in total. The van der Waals surface area contributed by atoms with E-state index in [4.69, 9.17) is 5.11 Å². The molecule has 1 rings (SSSR count).